The number of hydrogen-bond acceptors (Lipinski definition) is 2. The van der Waals surface area contributed by atoms with Gasteiger partial charge in [0.25, 0.3) is 0 Å². The minimum atomic E-state index is -0.356. The third-order valence-electron chi connectivity index (χ3n) is 2.97. The van der Waals surface area contributed by atoms with Gasteiger partial charge in [0.2, 0.25) is 0 Å². The van der Waals surface area contributed by atoms with Crippen molar-refractivity contribution in [2.75, 3.05) is 0 Å². The van der Waals surface area contributed by atoms with E-state index in [0.717, 1.165) is 12.0 Å². The number of ether oxygens (including phenoxy) is 1. The zero-order valence-electron chi connectivity index (χ0n) is 9.44. The highest BCUT2D eigenvalue weighted by atomic mass is 79.9. The Hall–Kier alpha value is -0.830. The van der Waals surface area contributed by atoms with Crippen LogP contribution in [0, 0.1) is 5.41 Å². The minimum absolute atomic E-state index is 0.0649. The molecule has 1 aromatic carbocycles. The summed E-state index contributed by atoms with van der Waals surface area (Å²) < 4.78 is 5.41. The summed E-state index contributed by atoms with van der Waals surface area (Å²) in [6.07, 6.45) is 0.696. The highest BCUT2D eigenvalue weighted by Crippen LogP contribution is 2.41. The van der Waals surface area contributed by atoms with Crippen LogP contribution in [-0.4, -0.2) is 12.1 Å². The van der Waals surface area contributed by atoms with Crippen LogP contribution in [0.3, 0.4) is 0 Å². The molecule has 3 heteroatoms. The first kappa shape index (κ1) is 11.6. The first-order valence-electron chi connectivity index (χ1n) is 5.41. The normalized spacial score (nSPS) is 25.2. The highest BCUT2D eigenvalue weighted by Gasteiger charge is 2.44. The van der Waals surface area contributed by atoms with Gasteiger partial charge >= 0.3 is 5.97 Å². The highest BCUT2D eigenvalue weighted by molar-refractivity contribution is 9.09. The molecule has 0 amide bonds. The van der Waals surface area contributed by atoms with E-state index in [1.807, 2.05) is 44.2 Å². The van der Waals surface area contributed by atoms with Gasteiger partial charge in [-0.2, -0.15) is 0 Å². The lowest BCUT2D eigenvalue weighted by atomic mass is 9.88. The molecule has 1 heterocycles. The molecule has 0 aromatic heterocycles. The largest absolute Gasteiger partial charge is 0.460 e. The van der Waals surface area contributed by atoms with Crippen LogP contribution in [0.2, 0.25) is 0 Å². The number of esters is 1. The second kappa shape index (κ2) is 4.21. The van der Waals surface area contributed by atoms with Crippen molar-refractivity contribution in [3.05, 3.63) is 35.9 Å². The molecule has 0 saturated carbocycles. The molecule has 0 aliphatic carbocycles. The van der Waals surface area contributed by atoms with Crippen molar-refractivity contribution in [1.82, 2.24) is 0 Å². The summed E-state index contributed by atoms with van der Waals surface area (Å²) in [5.74, 6) is -0.0992. The number of alkyl halides is 1. The van der Waals surface area contributed by atoms with Gasteiger partial charge in [0.05, 0.1) is 10.2 Å². The van der Waals surface area contributed by atoms with Gasteiger partial charge in [0.1, 0.15) is 6.10 Å². The summed E-state index contributed by atoms with van der Waals surface area (Å²) in [5.41, 5.74) is 0.795. The van der Waals surface area contributed by atoms with Crippen molar-refractivity contribution in [1.29, 1.82) is 0 Å². The quantitative estimate of drug-likeness (QED) is 0.613. The number of halogens is 1. The molecule has 1 fully saturated rings. The third kappa shape index (κ3) is 2.14. The summed E-state index contributed by atoms with van der Waals surface area (Å²) in [4.78, 5) is 11.7. The van der Waals surface area contributed by atoms with E-state index >= 15 is 0 Å². The fraction of sp³-hybridized carbons (Fsp3) is 0.462. The number of carbonyl (C=O) groups is 1. The third-order valence-corrected chi connectivity index (χ3v) is 4.09. The van der Waals surface area contributed by atoms with E-state index in [1.165, 1.54) is 0 Å². The summed E-state index contributed by atoms with van der Waals surface area (Å²) in [5, 5.41) is 0. The maximum absolute atomic E-state index is 11.6. The van der Waals surface area contributed by atoms with Crippen LogP contribution in [0.15, 0.2) is 30.3 Å². The average molecular weight is 283 g/mol. The van der Waals surface area contributed by atoms with Crippen LogP contribution >= 0.6 is 15.9 Å². The predicted molar refractivity (Wildman–Crippen MR) is 66.4 cm³/mol. The second-order valence-corrected chi connectivity index (χ2v) is 5.83. The van der Waals surface area contributed by atoms with Gasteiger partial charge < -0.3 is 4.74 Å². The Kier molecular flexibility index (Phi) is 3.06. The van der Waals surface area contributed by atoms with Crippen LogP contribution in [0.25, 0.3) is 0 Å². The maximum Gasteiger partial charge on any atom is 0.311 e. The first-order valence-corrected chi connectivity index (χ1v) is 6.32. The van der Waals surface area contributed by atoms with E-state index < -0.39 is 0 Å². The van der Waals surface area contributed by atoms with E-state index in [2.05, 4.69) is 15.9 Å². The molecule has 1 saturated heterocycles. The Morgan fingerprint density at radius 1 is 1.38 bits per heavy atom. The lowest BCUT2D eigenvalue weighted by Gasteiger charge is -2.17. The first-order chi connectivity index (χ1) is 7.50. The van der Waals surface area contributed by atoms with E-state index in [1.54, 1.807) is 0 Å². The Balaban J connectivity index is 2.14. The van der Waals surface area contributed by atoms with Crippen LogP contribution in [0.4, 0.5) is 0 Å². The smallest absolute Gasteiger partial charge is 0.311 e. The molecule has 0 bridgehead atoms. The number of benzene rings is 1. The Bertz CT molecular complexity index is 386. The maximum atomic E-state index is 11.6. The minimum Gasteiger partial charge on any atom is -0.460 e. The van der Waals surface area contributed by atoms with E-state index in [0.29, 0.717) is 0 Å². The van der Waals surface area contributed by atoms with Crippen molar-refractivity contribution in [2.24, 2.45) is 5.41 Å². The van der Waals surface area contributed by atoms with E-state index in [-0.39, 0.29) is 22.3 Å². The lowest BCUT2D eigenvalue weighted by Crippen LogP contribution is -2.16. The molecule has 0 spiro atoms. The number of rotatable bonds is 2. The topological polar surface area (TPSA) is 26.3 Å². The van der Waals surface area contributed by atoms with Crippen molar-refractivity contribution < 1.29 is 9.53 Å². The van der Waals surface area contributed by atoms with Crippen molar-refractivity contribution in [3.8, 4) is 0 Å². The van der Waals surface area contributed by atoms with Gasteiger partial charge in [0, 0.05) is 6.42 Å². The SMILES string of the molecule is CC1(C)C[C@@H]([C@H](Br)c2ccccc2)OC1=O. The molecule has 1 aromatic rings. The van der Waals surface area contributed by atoms with E-state index in [4.69, 9.17) is 4.74 Å². The summed E-state index contributed by atoms with van der Waals surface area (Å²) >= 11 is 3.61. The molecular formula is C13H15BrO2. The van der Waals surface area contributed by atoms with Crippen molar-refractivity contribution in [2.45, 2.75) is 31.2 Å². The standard InChI is InChI=1S/C13H15BrO2/c1-13(2)8-10(16-12(13)15)11(14)9-6-4-3-5-7-9/h3-7,10-11H,8H2,1-2H3/t10-,11+/m0/s1. The molecule has 2 nitrogen and oxygen atoms in total. The zero-order valence-corrected chi connectivity index (χ0v) is 11.0. The fourth-order valence-electron chi connectivity index (χ4n) is 1.94. The molecule has 0 N–H and O–H groups in total. The summed E-state index contributed by atoms with van der Waals surface area (Å²) in [6, 6.07) is 10.0. The monoisotopic (exact) mass is 282 g/mol. The predicted octanol–water partition coefficient (Wildman–Crippen LogP) is 3.46. The van der Waals surface area contributed by atoms with Crippen LogP contribution in [-0.2, 0) is 9.53 Å². The Morgan fingerprint density at radius 2 is 2.00 bits per heavy atom. The average Bonchev–Trinajstić information content (AvgIpc) is 2.54. The Morgan fingerprint density at radius 3 is 2.50 bits per heavy atom. The molecule has 86 valence electrons. The Labute approximate surface area is 104 Å². The van der Waals surface area contributed by atoms with Gasteiger partial charge in [-0.25, -0.2) is 0 Å². The van der Waals surface area contributed by atoms with Crippen LogP contribution in [0.1, 0.15) is 30.7 Å². The molecule has 2 atom stereocenters. The molecule has 16 heavy (non-hydrogen) atoms. The van der Waals surface area contributed by atoms with Crippen molar-refractivity contribution >= 4 is 21.9 Å². The molecule has 1 aliphatic rings. The summed E-state index contributed by atoms with van der Waals surface area (Å²) in [6.45, 7) is 3.86. The lowest BCUT2D eigenvalue weighted by molar-refractivity contribution is -0.147. The van der Waals surface area contributed by atoms with Crippen LogP contribution in [0.5, 0.6) is 0 Å². The molecule has 1 aliphatic heterocycles. The second-order valence-electron chi connectivity index (χ2n) is 4.84. The number of hydrogen-bond donors (Lipinski definition) is 0. The molecular weight excluding hydrogens is 268 g/mol. The van der Waals surface area contributed by atoms with Crippen molar-refractivity contribution in [3.63, 3.8) is 0 Å². The molecule has 0 unspecified atom stereocenters. The van der Waals surface area contributed by atoms with Gasteiger partial charge in [-0.1, -0.05) is 46.3 Å². The van der Waals surface area contributed by atoms with Gasteiger partial charge in [-0.05, 0) is 19.4 Å². The van der Waals surface area contributed by atoms with Gasteiger partial charge in [-0.3, -0.25) is 4.79 Å². The zero-order chi connectivity index (χ0) is 11.8. The summed E-state index contributed by atoms with van der Waals surface area (Å²) in [7, 11) is 0. The number of carbonyl (C=O) groups excluding carboxylic acids is 1. The molecule has 0 radical (unpaired) electrons. The molecule has 2 rings (SSSR count). The van der Waals surface area contributed by atoms with Gasteiger partial charge in [0.15, 0.2) is 0 Å². The van der Waals surface area contributed by atoms with E-state index in [9.17, 15) is 4.79 Å². The van der Waals surface area contributed by atoms with Gasteiger partial charge in [-0.15, -0.1) is 0 Å². The fourth-order valence-corrected chi connectivity index (χ4v) is 2.54. The van der Waals surface area contributed by atoms with Crippen LogP contribution < -0.4 is 0 Å². The number of cyclic esters (lactones) is 1.